The van der Waals surface area contributed by atoms with Gasteiger partial charge in [0.1, 0.15) is 6.61 Å². The molecule has 1 heterocycles. The smallest absolute Gasteiger partial charge is 0.331 e. The van der Waals surface area contributed by atoms with Crippen molar-refractivity contribution in [2.75, 3.05) is 20.8 Å². The molecule has 0 atom stereocenters. The van der Waals surface area contributed by atoms with Gasteiger partial charge < -0.3 is 14.2 Å². The summed E-state index contributed by atoms with van der Waals surface area (Å²) in [6.45, 7) is 0.170. The second-order valence-corrected chi connectivity index (χ2v) is 4.45. The third-order valence-electron chi connectivity index (χ3n) is 3.42. The second kappa shape index (κ2) is 4.87. The SMILES string of the molecule is COC(=O)C1(C(=O)OC)CC=C2COC(=O)C=C2C1. The van der Waals surface area contributed by atoms with E-state index in [4.69, 9.17) is 14.2 Å². The van der Waals surface area contributed by atoms with Crippen molar-refractivity contribution in [1.29, 1.82) is 0 Å². The molecule has 6 heteroatoms. The minimum absolute atomic E-state index is 0.0906. The molecule has 6 nitrogen and oxygen atoms in total. The van der Waals surface area contributed by atoms with E-state index in [1.807, 2.05) is 0 Å². The van der Waals surface area contributed by atoms with Crippen LogP contribution in [0.2, 0.25) is 0 Å². The van der Waals surface area contributed by atoms with Gasteiger partial charge in [0.05, 0.1) is 14.2 Å². The molecule has 0 fully saturated rings. The quantitative estimate of drug-likeness (QED) is 0.412. The zero-order valence-corrected chi connectivity index (χ0v) is 10.7. The van der Waals surface area contributed by atoms with Crippen LogP contribution in [0, 0.1) is 5.41 Å². The molecule has 0 unspecified atom stereocenters. The number of esters is 3. The standard InChI is InChI=1S/C13H14O6/c1-17-11(15)13(12(16)18-2)4-3-8-7-19-10(14)5-9(8)6-13/h3,5H,4,6-7H2,1-2H3. The van der Waals surface area contributed by atoms with Crippen LogP contribution in [0.15, 0.2) is 23.3 Å². The largest absolute Gasteiger partial charge is 0.468 e. The van der Waals surface area contributed by atoms with Crippen LogP contribution in [-0.4, -0.2) is 38.7 Å². The van der Waals surface area contributed by atoms with Gasteiger partial charge in [0.15, 0.2) is 5.41 Å². The van der Waals surface area contributed by atoms with Crippen LogP contribution in [0.1, 0.15) is 12.8 Å². The van der Waals surface area contributed by atoms with Gasteiger partial charge in [-0.25, -0.2) is 4.79 Å². The Morgan fingerprint density at radius 3 is 2.42 bits per heavy atom. The Balaban J connectivity index is 2.42. The first-order valence-corrected chi connectivity index (χ1v) is 5.77. The van der Waals surface area contributed by atoms with Crippen molar-refractivity contribution < 1.29 is 28.6 Å². The maximum atomic E-state index is 11.9. The number of rotatable bonds is 2. The Hall–Kier alpha value is -2.11. The fourth-order valence-corrected chi connectivity index (χ4v) is 2.35. The molecule has 0 amide bonds. The lowest BCUT2D eigenvalue weighted by Crippen LogP contribution is -2.43. The summed E-state index contributed by atoms with van der Waals surface area (Å²) in [5, 5.41) is 0. The first-order chi connectivity index (χ1) is 9.03. The van der Waals surface area contributed by atoms with E-state index in [0.717, 1.165) is 5.57 Å². The van der Waals surface area contributed by atoms with E-state index in [1.54, 1.807) is 6.08 Å². The molecule has 0 aromatic carbocycles. The number of methoxy groups -OCH3 is 2. The van der Waals surface area contributed by atoms with E-state index in [0.29, 0.717) is 5.57 Å². The Bertz CT molecular complexity index is 483. The molecule has 19 heavy (non-hydrogen) atoms. The van der Waals surface area contributed by atoms with Gasteiger partial charge in [-0.15, -0.1) is 0 Å². The number of hydrogen-bond donors (Lipinski definition) is 0. The number of hydrogen-bond acceptors (Lipinski definition) is 6. The molecule has 0 saturated carbocycles. The van der Waals surface area contributed by atoms with Crippen LogP contribution in [0.4, 0.5) is 0 Å². The zero-order valence-electron chi connectivity index (χ0n) is 10.7. The summed E-state index contributed by atoms with van der Waals surface area (Å²) in [4.78, 5) is 35.1. The van der Waals surface area contributed by atoms with Crippen molar-refractivity contribution in [2.45, 2.75) is 12.8 Å². The highest BCUT2D eigenvalue weighted by Gasteiger charge is 2.50. The van der Waals surface area contributed by atoms with Crippen LogP contribution in [-0.2, 0) is 28.6 Å². The summed E-state index contributed by atoms with van der Waals surface area (Å²) < 4.78 is 14.3. The number of carbonyl (C=O) groups excluding carboxylic acids is 3. The first-order valence-electron chi connectivity index (χ1n) is 5.77. The number of carbonyl (C=O) groups is 3. The molecular weight excluding hydrogens is 252 g/mol. The minimum Gasteiger partial charge on any atom is -0.468 e. The van der Waals surface area contributed by atoms with E-state index in [1.165, 1.54) is 20.3 Å². The van der Waals surface area contributed by atoms with Gasteiger partial charge in [-0.3, -0.25) is 9.59 Å². The summed E-state index contributed by atoms with van der Waals surface area (Å²) in [6.07, 6.45) is 3.29. The average molecular weight is 266 g/mol. The summed E-state index contributed by atoms with van der Waals surface area (Å²) in [6, 6.07) is 0. The lowest BCUT2D eigenvalue weighted by Gasteiger charge is -2.33. The van der Waals surface area contributed by atoms with Crippen LogP contribution >= 0.6 is 0 Å². The molecule has 0 spiro atoms. The highest BCUT2D eigenvalue weighted by molar-refractivity contribution is 6.01. The number of ether oxygens (including phenoxy) is 3. The molecule has 2 aliphatic rings. The zero-order chi connectivity index (χ0) is 14.0. The fraction of sp³-hybridized carbons (Fsp3) is 0.462. The van der Waals surface area contributed by atoms with Crippen molar-refractivity contribution in [1.82, 2.24) is 0 Å². The van der Waals surface area contributed by atoms with Crippen molar-refractivity contribution in [3.63, 3.8) is 0 Å². The molecule has 0 aromatic heterocycles. The Morgan fingerprint density at radius 1 is 1.21 bits per heavy atom. The third kappa shape index (κ3) is 2.14. The second-order valence-electron chi connectivity index (χ2n) is 4.45. The van der Waals surface area contributed by atoms with Gasteiger partial charge >= 0.3 is 17.9 Å². The molecule has 102 valence electrons. The summed E-state index contributed by atoms with van der Waals surface area (Å²) in [7, 11) is 2.44. The van der Waals surface area contributed by atoms with Crippen molar-refractivity contribution in [3.8, 4) is 0 Å². The predicted molar refractivity (Wildman–Crippen MR) is 62.8 cm³/mol. The minimum atomic E-state index is -1.41. The van der Waals surface area contributed by atoms with E-state index >= 15 is 0 Å². The Kier molecular flexibility index (Phi) is 3.42. The van der Waals surface area contributed by atoms with Gasteiger partial charge in [0.2, 0.25) is 0 Å². The number of allylic oxidation sites excluding steroid dienone is 1. The molecule has 0 N–H and O–H groups in total. The topological polar surface area (TPSA) is 78.9 Å². The average Bonchev–Trinajstić information content (AvgIpc) is 2.44. The van der Waals surface area contributed by atoms with Gasteiger partial charge in [-0.1, -0.05) is 6.08 Å². The third-order valence-corrected chi connectivity index (χ3v) is 3.42. The van der Waals surface area contributed by atoms with Crippen LogP contribution in [0.3, 0.4) is 0 Å². The fourth-order valence-electron chi connectivity index (χ4n) is 2.35. The lowest BCUT2D eigenvalue weighted by atomic mass is 9.72. The molecule has 0 radical (unpaired) electrons. The summed E-state index contributed by atoms with van der Waals surface area (Å²) >= 11 is 0. The maximum Gasteiger partial charge on any atom is 0.331 e. The van der Waals surface area contributed by atoms with Gasteiger partial charge in [-0.2, -0.15) is 0 Å². The van der Waals surface area contributed by atoms with Gasteiger partial charge in [0.25, 0.3) is 0 Å². The number of cyclic esters (lactones) is 1. The van der Waals surface area contributed by atoms with Crippen molar-refractivity contribution >= 4 is 17.9 Å². The van der Waals surface area contributed by atoms with Crippen LogP contribution < -0.4 is 0 Å². The highest BCUT2D eigenvalue weighted by atomic mass is 16.5. The summed E-state index contributed by atoms with van der Waals surface area (Å²) in [5.74, 6) is -1.79. The maximum absolute atomic E-state index is 11.9. The first kappa shape index (κ1) is 13.3. The molecule has 0 bridgehead atoms. The predicted octanol–water partition coefficient (Wildman–Crippen LogP) is 0.522. The van der Waals surface area contributed by atoms with Crippen LogP contribution in [0.25, 0.3) is 0 Å². The monoisotopic (exact) mass is 266 g/mol. The van der Waals surface area contributed by atoms with E-state index < -0.39 is 23.3 Å². The normalized spacial score (nSPS) is 20.4. The van der Waals surface area contributed by atoms with E-state index in [-0.39, 0.29) is 19.4 Å². The van der Waals surface area contributed by atoms with Crippen LogP contribution in [0.5, 0.6) is 0 Å². The Labute approximate surface area is 110 Å². The van der Waals surface area contributed by atoms with Gasteiger partial charge in [0, 0.05) is 12.5 Å². The number of fused-ring (bicyclic) bond motifs is 1. The van der Waals surface area contributed by atoms with E-state index in [9.17, 15) is 14.4 Å². The van der Waals surface area contributed by atoms with Crippen molar-refractivity contribution in [3.05, 3.63) is 23.3 Å². The van der Waals surface area contributed by atoms with Gasteiger partial charge in [-0.05, 0) is 17.6 Å². The molecule has 0 saturated heterocycles. The molecular formula is C13H14O6. The summed E-state index contributed by atoms with van der Waals surface area (Å²) in [5.41, 5.74) is 0.0394. The Morgan fingerprint density at radius 2 is 1.84 bits per heavy atom. The highest BCUT2D eigenvalue weighted by Crippen LogP contribution is 2.41. The molecule has 1 aliphatic heterocycles. The molecule has 2 rings (SSSR count). The lowest BCUT2D eigenvalue weighted by molar-refractivity contribution is -0.169. The molecule has 0 aromatic rings. The molecule has 1 aliphatic carbocycles. The van der Waals surface area contributed by atoms with E-state index in [2.05, 4.69) is 0 Å². The van der Waals surface area contributed by atoms with Crippen molar-refractivity contribution in [2.24, 2.45) is 5.41 Å².